The summed E-state index contributed by atoms with van der Waals surface area (Å²) in [5.74, 6) is 0.692. The summed E-state index contributed by atoms with van der Waals surface area (Å²) in [5.41, 5.74) is 1.75. The van der Waals surface area contributed by atoms with Crippen LogP contribution >= 0.6 is 0 Å². The van der Waals surface area contributed by atoms with Gasteiger partial charge in [0, 0.05) is 24.5 Å². The summed E-state index contributed by atoms with van der Waals surface area (Å²) in [6.45, 7) is 4.24. The first-order valence-electron chi connectivity index (χ1n) is 7.37. The van der Waals surface area contributed by atoms with Gasteiger partial charge in [-0.05, 0) is 38.1 Å². The van der Waals surface area contributed by atoms with Crippen molar-refractivity contribution in [3.8, 4) is 5.75 Å². The van der Waals surface area contributed by atoms with E-state index in [2.05, 4.69) is 5.32 Å². The van der Waals surface area contributed by atoms with Gasteiger partial charge in [-0.2, -0.15) is 0 Å². The summed E-state index contributed by atoms with van der Waals surface area (Å²) in [5, 5.41) is 2.90. The van der Waals surface area contributed by atoms with E-state index in [1.807, 2.05) is 80.4 Å². The molecule has 0 saturated heterocycles. The van der Waals surface area contributed by atoms with E-state index in [9.17, 15) is 4.79 Å². The number of para-hydroxylation sites is 1. The Morgan fingerprint density at radius 3 is 2.55 bits per heavy atom. The average Bonchev–Trinajstić information content (AvgIpc) is 2.47. The number of hydrogen-bond donors (Lipinski definition) is 1. The summed E-state index contributed by atoms with van der Waals surface area (Å²) in [6, 6.07) is 17.3. The zero-order chi connectivity index (χ0) is 15.9. The first-order chi connectivity index (χ1) is 10.5. The quantitative estimate of drug-likeness (QED) is 0.886. The lowest BCUT2D eigenvalue weighted by atomic mass is 10.3. The van der Waals surface area contributed by atoms with E-state index in [0.29, 0.717) is 6.54 Å². The van der Waals surface area contributed by atoms with Crippen molar-refractivity contribution in [3.63, 3.8) is 0 Å². The number of rotatable bonds is 6. The lowest BCUT2D eigenvalue weighted by Crippen LogP contribution is -2.29. The van der Waals surface area contributed by atoms with E-state index in [1.54, 1.807) is 0 Å². The van der Waals surface area contributed by atoms with Crippen LogP contribution < -0.4 is 15.0 Å². The highest BCUT2D eigenvalue weighted by Crippen LogP contribution is 2.18. The zero-order valence-electron chi connectivity index (χ0n) is 13.2. The van der Waals surface area contributed by atoms with Crippen LogP contribution in [0, 0.1) is 0 Å². The van der Waals surface area contributed by atoms with Crippen molar-refractivity contribution in [1.82, 2.24) is 0 Å². The molecule has 2 aromatic carbocycles. The van der Waals surface area contributed by atoms with Crippen LogP contribution in [0.25, 0.3) is 0 Å². The van der Waals surface area contributed by atoms with Gasteiger partial charge in [0.25, 0.3) is 0 Å². The van der Waals surface area contributed by atoms with Gasteiger partial charge in [-0.3, -0.25) is 4.79 Å². The topological polar surface area (TPSA) is 41.6 Å². The monoisotopic (exact) mass is 298 g/mol. The van der Waals surface area contributed by atoms with Crippen molar-refractivity contribution in [3.05, 3.63) is 54.6 Å². The lowest BCUT2D eigenvalue weighted by molar-refractivity contribution is -0.114. The van der Waals surface area contributed by atoms with Gasteiger partial charge in [0.05, 0.1) is 12.6 Å². The summed E-state index contributed by atoms with van der Waals surface area (Å²) in [6.07, 6.45) is 0.107. The van der Waals surface area contributed by atoms with Crippen molar-refractivity contribution in [2.75, 3.05) is 23.8 Å². The predicted octanol–water partition coefficient (Wildman–Crippen LogP) is 3.55. The standard InChI is InChI=1S/C18H22N2O2/c1-14(2)22-17-11-7-8-15(12-17)19-18(21)13-20(3)16-9-5-4-6-10-16/h4-12,14H,13H2,1-3H3,(H,19,21). The third-order valence-electron chi connectivity index (χ3n) is 3.07. The molecule has 0 heterocycles. The summed E-state index contributed by atoms with van der Waals surface area (Å²) in [4.78, 5) is 14.0. The van der Waals surface area contributed by atoms with Crippen LogP contribution in [-0.4, -0.2) is 25.6 Å². The van der Waals surface area contributed by atoms with E-state index in [0.717, 1.165) is 17.1 Å². The molecule has 0 radical (unpaired) electrons. The molecule has 1 amide bonds. The molecule has 22 heavy (non-hydrogen) atoms. The van der Waals surface area contributed by atoms with E-state index in [4.69, 9.17) is 4.74 Å². The number of anilines is 2. The van der Waals surface area contributed by atoms with E-state index < -0.39 is 0 Å². The van der Waals surface area contributed by atoms with Crippen LogP contribution in [0.3, 0.4) is 0 Å². The maximum absolute atomic E-state index is 12.1. The fourth-order valence-electron chi connectivity index (χ4n) is 2.11. The van der Waals surface area contributed by atoms with Gasteiger partial charge in [-0.25, -0.2) is 0 Å². The summed E-state index contributed by atoms with van der Waals surface area (Å²) in [7, 11) is 1.90. The number of carbonyl (C=O) groups excluding carboxylic acids is 1. The molecule has 0 saturated carbocycles. The number of benzene rings is 2. The van der Waals surface area contributed by atoms with Gasteiger partial charge >= 0.3 is 0 Å². The van der Waals surface area contributed by atoms with Gasteiger partial charge in [0.2, 0.25) is 5.91 Å². The van der Waals surface area contributed by atoms with Crippen LogP contribution in [0.2, 0.25) is 0 Å². The molecular formula is C18H22N2O2. The Bertz CT molecular complexity index is 611. The Labute approximate surface area is 131 Å². The highest BCUT2D eigenvalue weighted by molar-refractivity contribution is 5.94. The van der Waals surface area contributed by atoms with E-state index in [1.165, 1.54) is 0 Å². The molecule has 0 aliphatic rings. The fourth-order valence-corrected chi connectivity index (χ4v) is 2.11. The van der Waals surface area contributed by atoms with Gasteiger partial charge in [-0.15, -0.1) is 0 Å². The van der Waals surface area contributed by atoms with Crippen LogP contribution in [0.15, 0.2) is 54.6 Å². The average molecular weight is 298 g/mol. The normalized spacial score (nSPS) is 10.4. The minimum atomic E-state index is -0.0620. The molecule has 0 atom stereocenters. The third kappa shape index (κ3) is 4.81. The van der Waals surface area contributed by atoms with Crippen molar-refractivity contribution in [1.29, 1.82) is 0 Å². The highest BCUT2D eigenvalue weighted by atomic mass is 16.5. The first kappa shape index (κ1) is 15.9. The third-order valence-corrected chi connectivity index (χ3v) is 3.07. The first-order valence-corrected chi connectivity index (χ1v) is 7.37. The van der Waals surface area contributed by atoms with Crippen molar-refractivity contribution in [2.45, 2.75) is 20.0 Å². The molecule has 116 valence electrons. The molecule has 2 rings (SSSR count). The second kappa shape index (κ2) is 7.50. The Hall–Kier alpha value is -2.49. The molecule has 0 unspecified atom stereocenters. The largest absolute Gasteiger partial charge is 0.491 e. The maximum atomic E-state index is 12.1. The maximum Gasteiger partial charge on any atom is 0.243 e. The Balaban J connectivity index is 1.94. The number of amides is 1. The smallest absolute Gasteiger partial charge is 0.243 e. The molecule has 0 fully saturated rings. The van der Waals surface area contributed by atoms with Crippen LogP contribution in [0.4, 0.5) is 11.4 Å². The molecule has 0 bridgehead atoms. The second-order valence-corrected chi connectivity index (χ2v) is 5.43. The fraction of sp³-hybridized carbons (Fsp3) is 0.278. The lowest BCUT2D eigenvalue weighted by Gasteiger charge is -2.18. The number of nitrogens with zero attached hydrogens (tertiary/aromatic N) is 1. The molecule has 1 N–H and O–H groups in total. The molecule has 0 spiro atoms. The number of carbonyl (C=O) groups is 1. The van der Waals surface area contributed by atoms with Crippen molar-refractivity contribution >= 4 is 17.3 Å². The SMILES string of the molecule is CC(C)Oc1cccc(NC(=O)CN(C)c2ccccc2)c1. The molecular weight excluding hydrogens is 276 g/mol. The van der Waals surface area contributed by atoms with Crippen molar-refractivity contribution < 1.29 is 9.53 Å². The molecule has 4 heteroatoms. The van der Waals surface area contributed by atoms with Crippen molar-refractivity contribution in [2.24, 2.45) is 0 Å². The molecule has 2 aromatic rings. The summed E-state index contributed by atoms with van der Waals surface area (Å²) >= 11 is 0. The van der Waals surface area contributed by atoms with Gasteiger partial charge in [-0.1, -0.05) is 24.3 Å². The van der Waals surface area contributed by atoms with Crippen LogP contribution in [0.5, 0.6) is 5.75 Å². The van der Waals surface area contributed by atoms with Crippen LogP contribution in [0.1, 0.15) is 13.8 Å². The number of likely N-dealkylation sites (N-methyl/N-ethyl adjacent to an activating group) is 1. The number of hydrogen-bond acceptors (Lipinski definition) is 3. The molecule has 0 aromatic heterocycles. The molecule has 0 aliphatic heterocycles. The second-order valence-electron chi connectivity index (χ2n) is 5.43. The summed E-state index contributed by atoms with van der Waals surface area (Å²) < 4.78 is 5.63. The Morgan fingerprint density at radius 1 is 1.14 bits per heavy atom. The molecule has 0 aliphatic carbocycles. The van der Waals surface area contributed by atoms with Gasteiger partial charge in [0.1, 0.15) is 5.75 Å². The number of nitrogens with one attached hydrogen (secondary N) is 1. The predicted molar refractivity (Wildman–Crippen MR) is 90.5 cm³/mol. The molecule has 4 nitrogen and oxygen atoms in total. The zero-order valence-corrected chi connectivity index (χ0v) is 13.2. The highest BCUT2D eigenvalue weighted by Gasteiger charge is 2.08. The minimum Gasteiger partial charge on any atom is -0.491 e. The van der Waals surface area contributed by atoms with Crippen LogP contribution in [-0.2, 0) is 4.79 Å². The minimum absolute atomic E-state index is 0.0620. The van der Waals surface area contributed by atoms with E-state index >= 15 is 0 Å². The van der Waals surface area contributed by atoms with Gasteiger partial charge in [0.15, 0.2) is 0 Å². The van der Waals surface area contributed by atoms with Gasteiger partial charge < -0.3 is 15.0 Å². The Morgan fingerprint density at radius 2 is 1.86 bits per heavy atom. The number of ether oxygens (including phenoxy) is 1. The Kier molecular flexibility index (Phi) is 5.42. The van der Waals surface area contributed by atoms with E-state index in [-0.39, 0.29) is 12.0 Å².